The van der Waals surface area contributed by atoms with Crippen LogP contribution in [0, 0.1) is 0 Å². The van der Waals surface area contributed by atoms with Crippen LogP contribution in [0.2, 0.25) is 0 Å². The third kappa shape index (κ3) is 2.38. The second-order valence-electron chi connectivity index (χ2n) is 0.275. The molecule has 0 aromatic heterocycles. The first-order valence-corrected chi connectivity index (χ1v) is 1.76. The van der Waals surface area contributed by atoms with E-state index in [1.165, 1.54) is 10.9 Å². The standard InChI is InChI=1S/C2H3ClS/c3-1-2-4/h1-2,4H/b2-1+. The fourth-order valence-corrected chi connectivity index (χ4v) is 0. The quantitative estimate of drug-likeness (QED) is 0.434. The fourth-order valence-electron chi connectivity index (χ4n) is 0. The zero-order chi connectivity index (χ0) is 3.41. The van der Waals surface area contributed by atoms with Gasteiger partial charge in [0.1, 0.15) is 0 Å². The van der Waals surface area contributed by atoms with E-state index in [9.17, 15) is 0 Å². The van der Waals surface area contributed by atoms with Gasteiger partial charge in [-0.15, -0.1) is 0 Å². The Kier molecular flexibility index (Phi) is 3.70. The summed E-state index contributed by atoms with van der Waals surface area (Å²) in [6.45, 7) is 0. The second-order valence-corrected chi connectivity index (χ2v) is 0.825. The predicted octanol–water partition coefficient (Wildman–Crippen LogP) is 1.63. The Bertz CT molecular complexity index is 21.2. The van der Waals surface area contributed by atoms with E-state index in [-0.39, 0.29) is 0 Å². The highest BCUT2D eigenvalue weighted by Gasteiger charge is 1.37. The molecule has 0 rings (SSSR count). The van der Waals surface area contributed by atoms with Crippen molar-refractivity contribution in [3.63, 3.8) is 0 Å². The fraction of sp³-hybridized carbons (Fsp3) is 0. The van der Waals surface area contributed by atoms with E-state index in [4.69, 9.17) is 11.6 Å². The first kappa shape index (κ1) is 4.38. The third-order valence-electron chi connectivity index (χ3n) is 0.0563. The molecule has 0 nitrogen and oxygen atoms in total. The minimum Gasteiger partial charge on any atom is -0.151 e. The van der Waals surface area contributed by atoms with Gasteiger partial charge in [-0.3, -0.25) is 0 Å². The Morgan fingerprint density at radius 3 is 2.00 bits per heavy atom. The number of hydrogen-bond donors (Lipinski definition) is 1. The van der Waals surface area contributed by atoms with Crippen LogP contribution in [-0.2, 0) is 0 Å². The molecule has 2 heteroatoms. The van der Waals surface area contributed by atoms with Crippen molar-refractivity contribution in [2.45, 2.75) is 0 Å². The molecule has 0 aliphatic heterocycles. The topological polar surface area (TPSA) is 0 Å². The van der Waals surface area contributed by atoms with Gasteiger partial charge in [-0.1, -0.05) is 11.6 Å². The van der Waals surface area contributed by atoms with Gasteiger partial charge in [0.2, 0.25) is 0 Å². The lowest BCUT2D eigenvalue weighted by atomic mass is 11.3. The highest BCUT2D eigenvalue weighted by atomic mass is 35.5. The first-order chi connectivity index (χ1) is 1.91. The second kappa shape index (κ2) is 3.38. The van der Waals surface area contributed by atoms with Gasteiger partial charge in [0.25, 0.3) is 0 Å². The van der Waals surface area contributed by atoms with Crippen molar-refractivity contribution in [1.29, 1.82) is 0 Å². The van der Waals surface area contributed by atoms with Crippen LogP contribution in [-0.4, -0.2) is 0 Å². The van der Waals surface area contributed by atoms with Gasteiger partial charge in [0.15, 0.2) is 0 Å². The molecule has 0 saturated carbocycles. The highest BCUT2D eigenvalue weighted by molar-refractivity contribution is 7.83. The molecule has 0 aliphatic rings. The van der Waals surface area contributed by atoms with Crippen LogP contribution >= 0.6 is 24.2 Å². The molecule has 0 spiro atoms. The zero-order valence-corrected chi connectivity index (χ0v) is 3.63. The maximum atomic E-state index is 4.93. The van der Waals surface area contributed by atoms with E-state index in [1.54, 1.807) is 0 Å². The molecule has 24 valence electrons. The van der Waals surface area contributed by atoms with Gasteiger partial charge in [0, 0.05) is 5.54 Å². The molecule has 0 bridgehead atoms. The van der Waals surface area contributed by atoms with Crippen LogP contribution in [0.5, 0.6) is 0 Å². The smallest absolute Gasteiger partial charge is 0.0103 e. The molecule has 4 heavy (non-hydrogen) atoms. The molecule has 0 fully saturated rings. The lowest BCUT2D eigenvalue weighted by molar-refractivity contribution is 2.55. The summed E-state index contributed by atoms with van der Waals surface area (Å²) in [6, 6.07) is 0. The van der Waals surface area contributed by atoms with Crippen LogP contribution in [0.1, 0.15) is 0 Å². The summed E-state index contributed by atoms with van der Waals surface area (Å²) in [5, 5.41) is 1.46. The maximum Gasteiger partial charge on any atom is 0.0103 e. The van der Waals surface area contributed by atoms with E-state index in [2.05, 4.69) is 12.6 Å². The monoisotopic (exact) mass is 94.0 g/mol. The summed E-state index contributed by atoms with van der Waals surface area (Å²) < 4.78 is 0. The Balaban J connectivity index is 2.55. The van der Waals surface area contributed by atoms with Crippen molar-refractivity contribution >= 4 is 24.2 Å². The minimum atomic E-state index is 1.34. The average Bonchev–Trinajstić information content (AvgIpc) is 1.37. The molecule has 0 unspecified atom stereocenters. The molecular weight excluding hydrogens is 91.5 g/mol. The van der Waals surface area contributed by atoms with Gasteiger partial charge >= 0.3 is 0 Å². The van der Waals surface area contributed by atoms with Crippen LogP contribution in [0.4, 0.5) is 0 Å². The summed E-state index contributed by atoms with van der Waals surface area (Å²) in [6.07, 6.45) is 0. The largest absolute Gasteiger partial charge is 0.151 e. The molecule has 0 aromatic rings. The molecule has 0 aliphatic carbocycles. The summed E-state index contributed by atoms with van der Waals surface area (Å²) >= 11 is 8.54. The van der Waals surface area contributed by atoms with E-state index in [0.717, 1.165) is 0 Å². The van der Waals surface area contributed by atoms with Gasteiger partial charge in [-0.25, -0.2) is 0 Å². The minimum absolute atomic E-state index is 1.34. The SMILES string of the molecule is S/C=C/Cl. The van der Waals surface area contributed by atoms with Crippen LogP contribution < -0.4 is 0 Å². The molecule has 0 amide bonds. The number of hydrogen-bond acceptors (Lipinski definition) is 1. The molecule has 0 N–H and O–H groups in total. The summed E-state index contributed by atoms with van der Waals surface area (Å²) in [7, 11) is 0. The number of rotatable bonds is 0. The van der Waals surface area contributed by atoms with Crippen molar-refractivity contribution in [3.05, 3.63) is 10.9 Å². The summed E-state index contributed by atoms with van der Waals surface area (Å²) in [4.78, 5) is 0. The van der Waals surface area contributed by atoms with Crippen LogP contribution in [0.25, 0.3) is 0 Å². The van der Waals surface area contributed by atoms with E-state index in [1.807, 2.05) is 0 Å². The lowest BCUT2D eigenvalue weighted by Gasteiger charge is -1.46. The van der Waals surface area contributed by atoms with Gasteiger partial charge in [-0.2, -0.15) is 12.6 Å². The predicted molar refractivity (Wildman–Crippen MR) is 24.0 cm³/mol. The van der Waals surface area contributed by atoms with Crippen molar-refractivity contribution in [1.82, 2.24) is 0 Å². The summed E-state index contributed by atoms with van der Waals surface area (Å²) in [5.74, 6) is 0. The van der Waals surface area contributed by atoms with Crippen molar-refractivity contribution < 1.29 is 0 Å². The van der Waals surface area contributed by atoms with Gasteiger partial charge in [0.05, 0.1) is 0 Å². The normalized spacial score (nSPS) is 9.50. The maximum absolute atomic E-state index is 4.93. The first-order valence-electron chi connectivity index (χ1n) is 0.810. The molecule has 0 aromatic carbocycles. The molecule has 0 saturated heterocycles. The average molecular weight is 94.6 g/mol. The third-order valence-corrected chi connectivity index (χ3v) is 0.507. The highest BCUT2D eigenvalue weighted by Crippen LogP contribution is 1.77. The molecule has 0 heterocycles. The molecule has 0 atom stereocenters. The Labute approximate surface area is 35.9 Å². The van der Waals surface area contributed by atoms with Crippen molar-refractivity contribution in [2.75, 3.05) is 0 Å². The van der Waals surface area contributed by atoms with Crippen molar-refractivity contribution in [3.8, 4) is 0 Å². The molecular formula is C2H3ClS. The number of halogens is 1. The van der Waals surface area contributed by atoms with Gasteiger partial charge in [-0.05, 0) is 5.41 Å². The Morgan fingerprint density at radius 2 is 2.00 bits per heavy atom. The Hall–Kier alpha value is 0.380. The summed E-state index contributed by atoms with van der Waals surface area (Å²) in [5.41, 5.74) is 1.34. The number of thiol groups is 1. The lowest BCUT2D eigenvalue weighted by Crippen LogP contribution is -1.11. The molecule has 0 radical (unpaired) electrons. The van der Waals surface area contributed by atoms with E-state index < -0.39 is 0 Å². The van der Waals surface area contributed by atoms with Gasteiger partial charge < -0.3 is 0 Å². The van der Waals surface area contributed by atoms with Crippen molar-refractivity contribution in [2.24, 2.45) is 0 Å². The Morgan fingerprint density at radius 1 is 1.75 bits per heavy atom. The van der Waals surface area contributed by atoms with Crippen LogP contribution in [0.3, 0.4) is 0 Å². The van der Waals surface area contributed by atoms with E-state index >= 15 is 0 Å². The zero-order valence-electron chi connectivity index (χ0n) is 1.98. The van der Waals surface area contributed by atoms with Crippen LogP contribution in [0.15, 0.2) is 10.9 Å². The van der Waals surface area contributed by atoms with E-state index in [0.29, 0.717) is 0 Å².